The molecule has 0 radical (unpaired) electrons. The molecule has 0 aliphatic carbocycles. The van der Waals surface area contributed by atoms with Gasteiger partial charge in [-0.3, -0.25) is 4.99 Å². The Balaban J connectivity index is 3.90. The largest absolute Gasteiger partial charge is 0.279 e. The number of rotatable bonds is 4. The van der Waals surface area contributed by atoms with Crippen molar-refractivity contribution in [1.29, 1.82) is 0 Å². The Hall–Kier alpha value is -0.500. The van der Waals surface area contributed by atoms with Crippen LogP contribution >= 0.6 is 11.8 Å². The minimum absolute atomic E-state index is 0.798. The van der Waals surface area contributed by atoms with Gasteiger partial charge in [-0.05, 0) is 26.5 Å². The lowest BCUT2D eigenvalue weighted by Crippen LogP contribution is -1.84. The number of aliphatic imine (C=N–C) groups is 1. The molecule has 0 saturated heterocycles. The van der Waals surface area contributed by atoms with Crippen LogP contribution in [-0.4, -0.2) is 17.8 Å². The number of hydrogen-bond acceptors (Lipinski definition) is 2. The van der Waals surface area contributed by atoms with Crippen molar-refractivity contribution in [3.05, 3.63) is 23.8 Å². The molecule has 0 saturated carbocycles. The molecule has 0 atom stereocenters. The summed E-state index contributed by atoms with van der Waals surface area (Å²) in [7, 11) is 0. The average molecular weight is 197 g/mol. The summed E-state index contributed by atoms with van der Waals surface area (Å²) in [5.74, 6) is 0. The van der Waals surface area contributed by atoms with Crippen LogP contribution in [0.2, 0.25) is 0 Å². The maximum atomic E-state index is 4.36. The van der Waals surface area contributed by atoms with Crippen LogP contribution < -0.4 is 0 Å². The average Bonchev–Trinajstić information content (AvgIpc) is 2.14. The molecular weight excluding hydrogens is 178 g/mol. The molecule has 13 heavy (non-hydrogen) atoms. The smallest absolute Gasteiger partial charge is 0.0646 e. The zero-order chi connectivity index (χ0) is 10.1. The van der Waals surface area contributed by atoms with Crippen LogP contribution in [0.15, 0.2) is 28.8 Å². The molecule has 0 aliphatic rings. The summed E-state index contributed by atoms with van der Waals surface area (Å²) in [5, 5.41) is 1.14. The topological polar surface area (TPSA) is 12.4 Å². The minimum Gasteiger partial charge on any atom is -0.279 e. The molecule has 0 N–H and O–H groups in total. The van der Waals surface area contributed by atoms with E-state index in [2.05, 4.69) is 37.1 Å². The predicted molar refractivity (Wildman–Crippen MR) is 64.7 cm³/mol. The van der Waals surface area contributed by atoms with Gasteiger partial charge in [-0.2, -0.15) is 0 Å². The molecule has 0 aliphatic heterocycles. The van der Waals surface area contributed by atoms with Gasteiger partial charge in [0.05, 0.1) is 11.6 Å². The lowest BCUT2D eigenvalue weighted by atomic mass is 10.2. The van der Waals surface area contributed by atoms with Crippen molar-refractivity contribution in [3.8, 4) is 0 Å². The molecule has 0 heterocycles. The first-order valence-electron chi connectivity index (χ1n) is 4.59. The van der Waals surface area contributed by atoms with Crippen LogP contribution in [0.1, 0.15) is 27.2 Å². The quantitative estimate of drug-likeness (QED) is 0.380. The fraction of sp³-hybridized carbons (Fsp3) is 0.545. The predicted octanol–water partition coefficient (Wildman–Crippen LogP) is 3.68. The van der Waals surface area contributed by atoms with Gasteiger partial charge < -0.3 is 0 Å². The van der Waals surface area contributed by atoms with E-state index >= 15 is 0 Å². The molecule has 0 aromatic heterocycles. The zero-order valence-electron chi connectivity index (χ0n) is 9.00. The summed E-state index contributed by atoms with van der Waals surface area (Å²) in [6.45, 7) is 7.08. The van der Waals surface area contributed by atoms with Gasteiger partial charge in [-0.1, -0.05) is 30.7 Å². The number of hydrogen-bond donors (Lipinski definition) is 0. The van der Waals surface area contributed by atoms with Crippen molar-refractivity contribution < 1.29 is 0 Å². The van der Waals surface area contributed by atoms with Gasteiger partial charge in [0.15, 0.2) is 0 Å². The van der Waals surface area contributed by atoms with Crippen LogP contribution in [0.5, 0.6) is 0 Å². The van der Waals surface area contributed by atoms with Crippen LogP contribution in [0, 0.1) is 0 Å². The molecule has 1 nitrogen and oxygen atoms in total. The highest BCUT2D eigenvalue weighted by atomic mass is 32.2. The van der Waals surface area contributed by atoms with Gasteiger partial charge in [0.25, 0.3) is 0 Å². The van der Waals surface area contributed by atoms with E-state index < -0.39 is 0 Å². The van der Waals surface area contributed by atoms with Crippen molar-refractivity contribution in [2.45, 2.75) is 27.2 Å². The summed E-state index contributed by atoms with van der Waals surface area (Å²) in [6.07, 6.45) is 9.59. The Morgan fingerprint density at radius 2 is 2.08 bits per heavy atom. The van der Waals surface area contributed by atoms with E-state index in [0.29, 0.717) is 0 Å². The first-order chi connectivity index (χ1) is 6.20. The van der Waals surface area contributed by atoms with E-state index in [1.807, 2.05) is 13.2 Å². The Morgan fingerprint density at radius 3 is 2.62 bits per heavy atom. The second-order valence-electron chi connectivity index (χ2n) is 2.82. The maximum Gasteiger partial charge on any atom is 0.0646 e. The molecule has 0 aromatic carbocycles. The molecule has 0 unspecified atom stereocenters. The third-order valence-electron chi connectivity index (χ3n) is 1.64. The highest BCUT2D eigenvalue weighted by molar-refractivity contribution is 8.13. The van der Waals surface area contributed by atoms with Gasteiger partial charge in [-0.25, -0.2) is 0 Å². The van der Waals surface area contributed by atoms with Crippen LogP contribution in [0.25, 0.3) is 0 Å². The summed E-state index contributed by atoms with van der Waals surface area (Å²) in [5.41, 5.74) is 1.29. The van der Waals surface area contributed by atoms with Gasteiger partial charge in [0.1, 0.15) is 0 Å². The number of thioether (sulfide) groups is 1. The number of nitrogens with zero attached hydrogens (tertiary/aromatic N) is 1. The number of allylic oxidation sites excluding steroid dienone is 3. The van der Waals surface area contributed by atoms with Crippen molar-refractivity contribution in [2.24, 2.45) is 4.99 Å². The minimum atomic E-state index is 0.798. The molecule has 0 rings (SSSR count). The highest BCUT2D eigenvalue weighted by Crippen LogP contribution is 1.99. The molecule has 0 aromatic rings. The fourth-order valence-corrected chi connectivity index (χ4v) is 0.958. The first-order valence-corrected chi connectivity index (χ1v) is 5.81. The Kier molecular flexibility index (Phi) is 7.80. The van der Waals surface area contributed by atoms with Gasteiger partial charge in [0, 0.05) is 0 Å². The van der Waals surface area contributed by atoms with Crippen LogP contribution in [0.3, 0.4) is 0 Å². The molecule has 0 fully saturated rings. The summed E-state index contributed by atoms with van der Waals surface area (Å²) in [4.78, 5) is 4.36. The van der Waals surface area contributed by atoms with E-state index in [0.717, 1.165) is 18.0 Å². The van der Waals surface area contributed by atoms with Gasteiger partial charge >= 0.3 is 0 Å². The SMILES string of the molecule is CC/C=C\C(C)=C/CN=C(C)SC. The fourth-order valence-electron chi connectivity index (χ4n) is 0.755. The second kappa shape index (κ2) is 8.11. The lowest BCUT2D eigenvalue weighted by molar-refractivity contribution is 1.20. The molecule has 2 heteroatoms. The van der Waals surface area contributed by atoms with E-state index in [9.17, 15) is 0 Å². The monoisotopic (exact) mass is 197 g/mol. The third kappa shape index (κ3) is 7.85. The third-order valence-corrected chi connectivity index (χ3v) is 2.36. The van der Waals surface area contributed by atoms with Crippen molar-refractivity contribution in [2.75, 3.05) is 12.8 Å². The van der Waals surface area contributed by atoms with E-state index in [1.165, 1.54) is 5.57 Å². The molecular formula is C11H19NS. The normalized spacial score (nSPS) is 14.2. The van der Waals surface area contributed by atoms with Gasteiger partial charge in [0.2, 0.25) is 0 Å². The van der Waals surface area contributed by atoms with Crippen molar-refractivity contribution in [3.63, 3.8) is 0 Å². The first kappa shape index (κ1) is 12.5. The Morgan fingerprint density at radius 1 is 1.38 bits per heavy atom. The van der Waals surface area contributed by atoms with Crippen molar-refractivity contribution in [1.82, 2.24) is 0 Å². The summed E-state index contributed by atoms with van der Waals surface area (Å²) >= 11 is 1.70. The second-order valence-corrected chi connectivity index (χ2v) is 3.82. The van der Waals surface area contributed by atoms with Crippen molar-refractivity contribution >= 4 is 16.8 Å². The van der Waals surface area contributed by atoms with E-state index in [4.69, 9.17) is 0 Å². The van der Waals surface area contributed by atoms with E-state index in [-0.39, 0.29) is 0 Å². The lowest BCUT2D eigenvalue weighted by Gasteiger charge is -1.93. The van der Waals surface area contributed by atoms with Gasteiger partial charge in [-0.15, -0.1) is 11.8 Å². The molecule has 74 valence electrons. The molecule has 0 amide bonds. The zero-order valence-corrected chi connectivity index (χ0v) is 9.82. The van der Waals surface area contributed by atoms with Crippen LogP contribution in [0.4, 0.5) is 0 Å². The Labute approximate surface area is 86.0 Å². The highest BCUT2D eigenvalue weighted by Gasteiger charge is 1.84. The van der Waals surface area contributed by atoms with E-state index in [1.54, 1.807) is 11.8 Å². The standard InChI is InChI=1S/C11H19NS/c1-5-6-7-10(2)8-9-12-11(3)13-4/h6-8H,5,9H2,1-4H3/b7-6-,10-8-,12-11?. The van der Waals surface area contributed by atoms with Crippen LogP contribution in [-0.2, 0) is 0 Å². The molecule has 0 spiro atoms. The maximum absolute atomic E-state index is 4.36. The molecule has 0 bridgehead atoms. The Bertz CT molecular complexity index is 214. The summed E-state index contributed by atoms with van der Waals surface area (Å²) in [6, 6.07) is 0. The summed E-state index contributed by atoms with van der Waals surface area (Å²) < 4.78 is 0.